The molecule has 0 rings (SSSR count). The molecule has 0 N–H and O–H groups in total. The first-order chi connectivity index (χ1) is 7.83. The Hall–Kier alpha value is 0.493. The van der Waals surface area contributed by atoms with Crippen molar-refractivity contribution >= 4 is 0 Å². The van der Waals surface area contributed by atoms with E-state index in [0.717, 1.165) is 19.3 Å². The molecule has 0 heterocycles. The van der Waals surface area contributed by atoms with Crippen molar-refractivity contribution in [2.24, 2.45) is 0 Å². The third-order valence-electron chi connectivity index (χ3n) is 2.60. The van der Waals surface area contributed by atoms with Gasteiger partial charge in [-0.05, 0) is 12.8 Å². The van der Waals surface area contributed by atoms with Crippen molar-refractivity contribution in [1.82, 2.24) is 0 Å². The fourth-order valence-electron chi connectivity index (χ4n) is 1.49. The van der Waals surface area contributed by atoms with E-state index in [-0.39, 0.29) is 19.5 Å². The molecule has 0 aromatic carbocycles. The molecule has 0 radical (unpaired) electrons. The third kappa shape index (κ3) is 31.5. The Morgan fingerprint density at radius 2 is 1.12 bits per heavy atom. The van der Waals surface area contributed by atoms with Gasteiger partial charge >= 0.3 is 19.5 Å². The number of hydrogen-bond acceptors (Lipinski definition) is 0. The Morgan fingerprint density at radius 1 is 0.706 bits per heavy atom. The zero-order valence-electron chi connectivity index (χ0n) is 12.3. The summed E-state index contributed by atoms with van der Waals surface area (Å²) in [7, 11) is 0. The predicted octanol–water partition coefficient (Wildman–Crippen LogP) is 6.17. The van der Waals surface area contributed by atoms with Crippen molar-refractivity contribution in [3.63, 3.8) is 0 Å². The molecule has 1 heteroatoms. The van der Waals surface area contributed by atoms with E-state index in [9.17, 15) is 0 Å². The largest absolute Gasteiger partial charge is 2.00 e. The van der Waals surface area contributed by atoms with Crippen LogP contribution in [0.3, 0.4) is 0 Å². The molecular weight excluding hydrogens is 258 g/mol. The van der Waals surface area contributed by atoms with Gasteiger partial charge in [0.1, 0.15) is 0 Å². The molecule has 0 bridgehead atoms. The molecule has 0 spiro atoms. The van der Waals surface area contributed by atoms with Crippen LogP contribution in [0.5, 0.6) is 0 Å². The topological polar surface area (TPSA) is 0 Å². The molecule has 98 valence electrons. The Labute approximate surface area is 124 Å². The summed E-state index contributed by atoms with van der Waals surface area (Å²) in [4.78, 5) is 0. The average molecular weight is 291 g/mol. The molecule has 0 aliphatic rings. The summed E-state index contributed by atoms with van der Waals surface area (Å²) in [5.41, 5.74) is 0. The zero-order valence-corrected chi connectivity index (χ0v) is 15.3. The van der Waals surface area contributed by atoms with Crippen molar-refractivity contribution in [2.75, 3.05) is 0 Å². The Bertz CT molecular complexity index is 67.5. The summed E-state index contributed by atoms with van der Waals surface area (Å²) in [5.74, 6) is 0. The van der Waals surface area contributed by atoms with Gasteiger partial charge in [0.2, 0.25) is 0 Å². The summed E-state index contributed by atoms with van der Waals surface area (Å²) >= 11 is 0. The van der Waals surface area contributed by atoms with Crippen LogP contribution in [-0.4, -0.2) is 0 Å². The molecule has 0 aliphatic heterocycles. The molecule has 0 saturated carbocycles. The van der Waals surface area contributed by atoms with Crippen molar-refractivity contribution in [1.29, 1.82) is 0 Å². The summed E-state index contributed by atoms with van der Waals surface area (Å²) < 4.78 is 0. The first-order valence-electron chi connectivity index (χ1n) is 7.21. The Balaban J connectivity index is -0.000000218. The fourth-order valence-corrected chi connectivity index (χ4v) is 1.49. The van der Waals surface area contributed by atoms with Gasteiger partial charge in [-0.1, -0.05) is 51.9 Å². The van der Waals surface area contributed by atoms with Gasteiger partial charge < -0.3 is 13.8 Å². The quantitative estimate of drug-likeness (QED) is 0.256. The SMILES string of the molecule is [CH2+]CCCCCC[CH2-].[CH2-]CCCCCCC.[Zn+2]. The normalized spacial score (nSPS) is 9.12. The summed E-state index contributed by atoms with van der Waals surface area (Å²) in [6, 6.07) is 0. The summed E-state index contributed by atoms with van der Waals surface area (Å²) in [6.07, 6.45) is 15.4. The van der Waals surface area contributed by atoms with Crippen molar-refractivity contribution in [2.45, 2.75) is 84.0 Å². The van der Waals surface area contributed by atoms with Gasteiger partial charge in [-0.25, -0.2) is 0 Å². The molecule has 0 aromatic heterocycles. The minimum atomic E-state index is 0. The van der Waals surface area contributed by atoms with Crippen LogP contribution in [0.15, 0.2) is 0 Å². The smallest absolute Gasteiger partial charge is 0.343 e. The predicted molar refractivity (Wildman–Crippen MR) is 77.1 cm³/mol. The van der Waals surface area contributed by atoms with E-state index in [4.69, 9.17) is 0 Å². The maximum absolute atomic E-state index is 3.78. The summed E-state index contributed by atoms with van der Waals surface area (Å²) in [5, 5.41) is 0. The van der Waals surface area contributed by atoms with Crippen LogP contribution in [0, 0.1) is 20.8 Å². The van der Waals surface area contributed by atoms with Gasteiger partial charge in [0.15, 0.2) is 0 Å². The molecular formula is C16H33Zn+. The molecule has 0 nitrogen and oxygen atoms in total. The second kappa shape index (κ2) is 25.4. The minimum absolute atomic E-state index is 0. The van der Waals surface area contributed by atoms with Gasteiger partial charge in [-0.2, -0.15) is 12.8 Å². The second-order valence-corrected chi connectivity index (χ2v) is 4.39. The van der Waals surface area contributed by atoms with E-state index >= 15 is 0 Å². The Morgan fingerprint density at radius 3 is 1.47 bits per heavy atom. The monoisotopic (exact) mass is 289 g/mol. The van der Waals surface area contributed by atoms with E-state index < -0.39 is 0 Å². The van der Waals surface area contributed by atoms with E-state index in [2.05, 4.69) is 27.7 Å². The molecule has 0 unspecified atom stereocenters. The van der Waals surface area contributed by atoms with Gasteiger partial charge in [0.25, 0.3) is 0 Å². The molecule has 0 saturated heterocycles. The average Bonchev–Trinajstić information content (AvgIpc) is 2.31. The zero-order chi connectivity index (χ0) is 12.5. The van der Waals surface area contributed by atoms with E-state index in [1.54, 1.807) is 0 Å². The maximum atomic E-state index is 3.78. The van der Waals surface area contributed by atoms with Gasteiger partial charge in [-0.15, -0.1) is 0 Å². The van der Waals surface area contributed by atoms with Crippen LogP contribution >= 0.6 is 0 Å². The van der Waals surface area contributed by atoms with Crippen LogP contribution in [0.4, 0.5) is 0 Å². The molecule has 0 fully saturated rings. The number of rotatable bonds is 10. The first-order valence-corrected chi connectivity index (χ1v) is 7.21. The van der Waals surface area contributed by atoms with E-state index in [1.165, 1.54) is 57.8 Å². The van der Waals surface area contributed by atoms with Gasteiger partial charge in [0.05, 0.1) is 13.3 Å². The first kappa shape index (κ1) is 22.7. The Kier molecular flexibility index (Phi) is 33.8. The van der Waals surface area contributed by atoms with E-state index in [1.807, 2.05) is 0 Å². The molecule has 0 aromatic rings. The van der Waals surface area contributed by atoms with Crippen LogP contribution < -0.4 is 0 Å². The number of unbranched alkanes of at least 4 members (excludes halogenated alkanes) is 10. The molecule has 0 amide bonds. The molecule has 17 heavy (non-hydrogen) atoms. The van der Waals surface area contributed by atoms with Crippen LogP contribution in [-0.2, 0) is 19.5 Å². The van der Waals surface area contributed by atoms with Crippen molar-refractivity contribution in [3.05, 3.63) is 20.8 Å². The maximum Gasteiger partial charge on any atom is 2.00 e. The van der Waals surface area contributed by atoms with E-state index in [0.29, 0.717) is 0 Å². The van der Waals surface area contributed by atoms with Gasteiger partial charge in [0, 0.05) is 0 Å². The van der Waals surface area contributed by atoms with Gasteiger partial charge in [-0.3, -0.25) is 0 Å². The molecule has 0 aliphatic carbocycles. The standard InChI is InChI=1S/C8H17.C8H16.Zn/c2*1-3-5-7-8-6-4-2;/h1,3-8H2,2H3;1-8H2;/q-1;;+2. The third-order valence-corrected chi connectivity index (χ3v) is 2.60. The van der Waals surface area contributed by atoms with Crippen LogP contribution in [0.25, 0.3) is 0 Å². The van der Waals surface area contributed by atoms with Crippen molar-refractivity contribution < 1.29 is 19.5 Å². The number of hydrogen-bond donors (Lipinski definition) is 0. The van der Waals surface area contributed by atoms with Crippen LogP contribution in [0.2, 0.25) is 0 Å². The summed E-state index contributed by atoms with van der Waals surface area (Å²) in [6.45, 7) is 13.6. The molecule has 0 atom stereocenters. The fraction of sp³-hybridized carbons (Fsp3) is 0.812. The minimum Gasteiger partial charge on any atom is -0.343 e. The van der Waals surface area contributed by atoms with Crippen molar-refractivity contribution in [3.8, 4) is 0 Å². The van der Waals surface area contributed by atoms with Crippen LogP contribution in [0.1, 0.15) is 84.0 Å². The second-order valence-electron chi connectivity index (χ2n) is 4.39.